The minimum Gasteiger partial charge on any atom is -0.495 e. The number of thioether (sulfide) groups is 1. The normalized spacial score (nSPS) is 26.0. The maximum atomic E-state index is 12.1. The van der Waals surface area contributed by atoms with Crippen LogP contribution in [-0.4, -0.2) is 49.4 Å². The molecule has 136 valence electrons. The summed E-state index contributed by atoms with van der Waals surface area (Å²) in [5, 5.41) is 0.468. The van der Waals surface area contributed by atoms with Crippen LogP contribution in [0, 0.1) is 6.92 Å². The van der Waals surface area contributed by atoms with E-state index in [2.05, 4.69) is 4.99 Å². The third-order valence-electron chi connectivity index (χ3n) is 4.34. The molecular formula is C17H22N2O4S2. The molecule has 6 nitrogen and oxygen atoms in total. The second-order valence-corrected chi connectivity index (χ2v) is 9.74. The smallest absolute Gasteiger partial charge is 0.248 e. The number of sulfone groups is 1. The van der Waals surface area contributed by atoms with Crippen LogP contribution in [0.5, 0.6) is 5.75 Å². The fraction of sp³-hybridized carbons (Fsp3) is 0.529. The zero-order chi connectivity index (χ0) is 18.2. The van der Waals surface area contributed by atoms with Crippen molar-refractivity contribution in [2.75, 3.05) is 23.5 Å². The number of amides is 1. The fourth-order valence-electron chi connectivity index (χ4n) is 3.21. The molecule has 3 rings (SSSR count). The molecule has 0 bridgehead atoms. The lowest BCUT2D eigenvalue weighted by molar-refractivity contribution is -0.117. The van der Waals surface area contributed by atoms with Crippen molar-refractivity contribution in [1.82, 2.24) is 0 Å². The molecule has 0 aliphatic carbocycles. The number of hydrogen-bond donors (Lipinski definition) is 0. The Balaban J connectivity index is 2.07. The minimum atomic E-state index is -3.08. The van der Waals surface area contributed by atoms with Gasteiger partial charge in [0.1, 0.15) is 5.75 Å². The summed E-state index contributed by atoms with van der Waals surface area (Å²) in [6, 6.07) is 5.52. The second kappa shape index (κ2) is 6.99. The van der Waals surface area contributed by atoms with E-state index in [0.717, 1.165) is 17.7 Å². The molecule has 1 aromatic carbocycles. The molecule has 2 atom stereocenters. The maximum Gasteiger partial charge on any atom is 0.248 e. The SMILES string of the molecule is CCCC(=O)N=C1S[C@H]2CS(=O)(=O)C[C@@H]2N1c1cc(C)ccc1OC. The summed E-state index contributed by atoms with van der Waals surface area (Å²) in [6.07, 6.45) is 1.12. The molecule has 1 amide bonds. The summed E-state index contributed by atoms with van der Waals surface area (Å²) in [7, 11) is -1.50. The number of benzene rings is 1. The molecule has 8 heteroatoms. The Bertz CT molecular complexity index is 820. The van der Waals surface area contributed by atoms with Gasteiger partial charge in [0, 0.05) is 11.7 Å². The molecule has 0 radical (unpaired) electrons. The van der Waals surface area contributed by atoms with Gasteiger partial charge in [-0.3, -0.25) is 4.79 Å². The number of ether oxygens (including phenoxy) is 1. The van der Waals surface area contributed by atoms with Crippen LogP contribution in [0.1, 0.15) is 25.3 Å². The first-order valence-corrected chi connectivity index (χ1v) is 11.0. The van der Waals surface area contributed by atoms with Crippen LogP contribution >= 0.6 is 11.8 Å². The van der Waals surface area contributed by atoms with Gasteiger partial charge in [0.15, 0.2) is 15.0 Å². The highest BCUT2D eigenvalue weighted by molar-refractivity contribution is 8.16. The van der Waals surface area contributed by atoms with E-state index in [1.54, 1.807) is 7.11 Å². The van der Waals surface area contributed by atoms with Gasteiger partial charge in [-0.25, -0.2) is 8.42 Å². The van der Waals surface area contributed by atoms with Crippen molar-refractivity contribution in [2.24, 2.45) is 4.99 Å². The molecule has 2 heterocycles. The molecule has 0 spiro atoms. The largest absolute Gasteiger partial charge is 0.495 e. The van der Waals surface area contributed by atoms with E-state index >= 15 is 0 Å². The standard InChI is InChI=1S/C17H22N2O4S2/c1-4-5-16(20)18-17-19(12-8-11(2)6-7-14(12)23-3)13-9-25(21,22)10-15(13)24-17/h6-8,13,15H,4-5,9-10H2,1-3H3/t13-,15-/m0/s1. The first kappa shape index (κ1) is 18.3. The van der Waals surface area contributed by atoms with Crippen LogP contribution in [0.2, 0.25) is 0 Å². The molecule has 0 unspecified atom stereocenters. The Morgan fingerprint density at radius 2 is 2.16 bits per heavy atom. The quantitative estimate of drug-likeness (QED) is 0.796. The lowest BCUT2D eigenvalue weighted by atomic mass is 10.1. The zero-order valence-electron chi connectivity index (χ0n) is 14.6. The van der Waals surface area contributed by atoms with E-state index < -0.39 is 9.84 Å². The fourth-order valence-corrected chi connectivity index (χ4v) is 7.14. The van der Waals surface area contributed by atoms with Crippen molar-refractivity contribution in [2.45, 2.75) is 38.0 Å². The molecule has 2 aliphatic rings. The van der Waals surface area contributed by atoms with E-state index in [1.165, 1.54) is 11.8 Å². The van der Waals surface area contributed by atoms with Crippen molar-refractivity contribution in [3.8, 4) is 5.75 Å². The van der Waals surface area contributed by atoms with E-state index in [1.807, 2.05) is 36.9 Å². The molecule has 0 aromatic heterocycles. The van der Waals surface area contributed by atoms with Gasteiger partial charge in [-0.15, -0.1) is 0 Å². The number of hydrogen-bond acceptors (Lipinski definition) is 5. The Labute approximate surface area is 152 Å². The average Bonchev–Trinajstić information content (AvgIpc) is 2.98. The maximum absolute atomic E-state index is 12.1. The minimum absolute atomic E-state index is 0.0722. The van der Waals surface area contributed by atoms with Gasteiger partial charge in [0.05, 0.1) is 30.3 Å². The lowest BCUT2D eigenvalue weighted by Crippen LogP contribution is -2.38. The second-order valence-electron chi connectivity index (χ2n) is 6.38. The van der Waals surface area contributed by atoms with E-state index in [-0.39, 0.29) is 28.7 Å². The summed E-state index contributed by atoms with van der Waals surface area (Å²) >= 11 is 1.39. The third-order valence-corrected chi connectivity index (χ3v) is 7.55. The average molecular weight is 383 g/mol. The Hall–Kier alpha value is -1.54. The summed E-state index contributed by atoms with van der Waals surface area (Å²) in [6.45, 7) is 3.90. The predicted octanol–water partition coefficient (Wildman–Crippen LogP) is 2.41. The zero-order valence-corrected chi connectivity index (χ0v) is 16.2. The van der Waals surface area contributed by atoms with Crippen LogP contribution in [0.3, 0.4) is 0 Å². The van der Waals surface area contributed by atoms with Crippen LogP contribution in [0.25, 0.3) is 0 Å². The van der Waals surface area contributed by atoms with Gasteiger partial charge >= 0.3 is 0 Å². The van der Waals surface area contributed by atoms with Crippen LogP contribution in [-0.2, 0) is 14.6 Å². The number of anilines is 1. The van der Waals surface area contributed by atoms with Crippen LogP contribution in [0.15, 0.2) is 23.2 Å². The van der Waals surface area contributed by atoms with Gasteiger partial charge in [-0.1, -0.05) is 24.8 Å². The van der Waals surface area contributed by atoms with Gasteiger partial charge < -0.3 is 9.64 Å². The van der Waals surface area contributed by atoms with Crippen molar-refractivity contribution in [3.63, 3.8) is 0 Å². The summed E-state index contributed by atoms with van der Waals surface area (Å²) in [4.78, 5) is 18.2. The van der Waals surface area contributed by atoms with Crippen molar-refractivity contribution < 1.29 is 17.9 Å². The van der Waals surface area contributed by atoms with E-state index in [9.17, 15) is 13.2 Å². The molecular weight excluding hydrogens is 360 g/mol. The van der Waals surface area contributed by atoms with Gasteiger partial charge in [-0.05, 0) is 31.0 Å². The van der Waals surface area contributed by atoms with Crippen molar-refractivity contribution in [3.05, 3.63) is 23.8 Å². The molecule has 0 saturated carbocycles. The number of rotatable bonds is 4. The predicted molar refractivity (Wildman–Crippen MR) is 101 cm³/mol. The molecule has 0 N–H and O–H groups in total. The van der Waals surface area contributed by atoms with Gasteiger partial charge in [0.25, 0.3) is 0 Å². The number of methoxy groups -OCH3 is 1. The molecule has 2 saturated heterocycles. The number of fused-ring (bicyclic) bond motifs is 1. The van der Waals surface area contributed by atoms with Crippen LogP contribution < -0.4 is 9.64 Å². The Kier molecular flexibility index (Phi) is 5.11. The summed E-state index contributed by atoms with van der Waals surface area (Å²) < 4.78 is 29.7. The Morgan fingerprint density at radius 1 is 1.40 bits per heavy atom. The number of carbonyl (C=O) groups is 1. The highest BCUT2D eigenvalue weighted by atomic mass is 32.2. The molecule has 1 aromatic rings. The number of nitrogens with zero attached hydrogens (tertiary/aromatic N) is 2. The number of carbonyl (C=O) groups excluding carboxylic acids is 1. The number of aryl methyl sites for hydroxylation is 1. The molecule has 25 heavy (non-hydrogen) atoms. The first-order valence-electron chi connectivity index (χ1n) is 8.27. The summed E-state index contributed by atoms with van der Waals surface area (Å²) in [5.74, 6) is 0.660. The molecule has 2 aliphatic heterocycles. The first-order chi connectivity index (χ1) is 11.8. The highest BCUT2D eigenvalue weighted by Gasteiger charge is 2.50. The monoisotopic (exact) mass is 382 g/mol. The third kappa shape index (κ3) is 3.69. The van der Waals surface area contributed by atoms with Gasteiger partial charge in [-0.2, -0.15) is 4.99 Å². The molecule has 2 fully saturated rings. The Morgan fingerprint density at radius 3 is 2.84 bits per heavy atom. The van der Waals surface area contributed by atoms with Crippen molar-refractivity contribution in [1.29, 1.82) is 0 Å². The van der Waals surface area contributed by atoms with Gasteiger partial charge in [0.2, 0.25) is 5.91 Å². The van der Waals surface area contributed by atoms with Crippen molar-refractivity contribution >= 4 is 38.4 Å². The topological polar surface area (TPSA) is 76.0 Å². The summed E-state index contributed by atoms with van der Waals surface area (Å²) in [5.41, 5.74) is 1.80. The lowest BCUT2D eigenvalue weighted by Gasteiger charge is -2.26. The van der Waals surface area contributed by atoms with Crippen LogP contribution in [0.4, 0.5) is 5.69 Å². The number of aliphatic imine (C=N–C) groups is 1. The van der Waals surface area contributed by atoms with E-state index in [4.69, 9.17) is 4.74 Å². The van der Waals surface area contributed by atoms with E-state index in [0.29, 0.717) is 17.3 Å². The number of amidine groups is 1. The highest BCUT2D eigenvalue weighted by Crippen LogP contribution is 2.44.